The van der Waals surface area contributed by atoms with Crippen LogP contribution in [0.5, 0.6) is 0 Å². The van der Waals surface area contributed by atoms with Gasteiger partial charge < -0.3 is 15.7 Å². The molecule has 0 radical (unpaired) electrons. The third-order valence-electron chi connectivity index (χ3n) is 3.65. The molecule has 1 aromatic rings. The molecule has 1 aliphatic heterocycles. The van der Waals surface area contributed by atoms with Crippen LogP contribution in [0.1, 0.15) is 17.9 Å². The zero-order valence-corrected chi connectivity index (χ0v) is 10.5. The van der Waals surface area contributed by atoms with E-state index in [2.05, 4.69) is 4.90 Å². The molecule has 2 atom stereocenters. The zero-order chi connectivity index (χ0) is 13.0. The molecule has 0 spiro atoms. The molecule has 98 valence electrons. The molecule has 1 heterocycles. The van der Waals surface area contributed by atoms with Crippen molar-refractivity contribution in [1.82, 2.24) is 4.90 Å². The maximum absolute atomic E-state index is 9.15. The first kappa shape index (κ1) is 13.1. The van der Waals surface area contributed by atoms with Crippen LogP contribution in [0.4, 0.5) is 0 Å². The van der Waals surface area contributed by atoms with Gasteiger partial charge in [0, 0.05) is 19.7 Å². The number of amidine groups is 1. The molecular weight excluding hydrogens is 226 g/mol. The fourth-order valence-corrected chi connectivity index (χ4v) is 2.55. The van der Waals surface area contributed by atoms with E-state index in [1.807, 2.05) is 30.3 Å². The second-order valence-electron chi connectivity index (χ2n) is 5.02. The summed E-state index contributed by atoms with van der Waals surface area (Å²) in [6.07, 6.45) is 1.04. The van der Waals surface area contributed by atoms with Crippen LogP contribution in [-0.4, -0.2) is 42.1 Å². The number of likely N-dealkylation sites (tertiary alicyclic amines) is 1. The second kappa shape index (κ2) is 5.98. The number of hydrogen-bond donors (Lipinski definition) is 3. The number of nitrogens with zero attached hydrogens (tertiary/aromatic N) is 1. The lowest BCUT2D eigenvalue weighted by molar-refractivity contribution is 0.221. The van der Waals surface area contributed by atoms with E-state index in [9.17, 15) is 0 Å². The van der Waals surface area contributed by atoms with E-state index in [1.165, 1.54) is 0 Å². The van der Waals surface area contributed by atoms with Gasteiger partial charge >= 0.3 is 0 Å². The summed E-state index contributed by atoms with van der Waals surface area (Å²) in [5.74, 6) is 0.561. The van der Waals surface area contributed by atoms with Crippen LogP contribution >= 0.6 is 0 Å². The highest BCUT2D eigenvalue weighted by molar-refractivity contribution is 5.84. The summed E-state index contributed by atoms with van der Waals surface area (Å²) >= 11 is 0. The maximum atomic E-state index is 9.15. The van der Waals surface area contributed by atoms with Crippen molar-refractivity contribution in [3.8, 4) is 0 Å². The van der Waals surface area contributed by atoms with Gasteiger partial charge in [-0.1, -0.05) is 30.3 Å². The summed E-state index contributed by atoms with van der Waals surface area (Å²) in [4.78, 5) is 2.29. The van der Waals surface area contributed by atoms with Gasteiger partial charge in [0.1, 0.15) is 0 Å². The lowest BCUT2D eigenvalue weighted by Crippen LogP contribution is -2.33. The van der Waals surface area contributed by atoms with E-state index >= 15 is 0 Å². The average molecular weight is 247 g/mol. The van der Waals surface area contributed by atoms with E-state index in [4.69, 9.17) is 16.2 Å². The molecule has 0 aliphatic carbocycles. The summed E-state index contributed by atoms with van der Waals surface area (Å²) in [7, 11) is 0. The van der Waals surface area contributed by atoms with Crippen LogP contribution in [0.3, 0.4) is 0 Å². The van der Waals surface area contributed by atoms with E-state index in [0.717, 1.165) is 31.6 Å². The fraction of sp³-hybridized carbons (Fsp3) is 0.500. The van der Waals surface area contributed by atoms with E-state index in [1.54, 1.807) is 0 Å². The highest BCUT2D eigenvalue weighted by atomic mass is 16.3. The van der Waals surface area contributed by atoms with Gasteiger partial charge in [-0.2, -0.15) is 0 Å². The minimum atomic E-state index is -0.0383. The van der Waals surface area contributed by atoms with Crippen molar-refractivity contribution >= 4 is 5.84 Å². The third kappa shape index (κ3) is 3.09. The Balaban J connectivity index is 2.02. The molecule has 0 amide bonds. The SMILES string of the molecule is N=C(N)C(CN1CCC(CO)C1)c1ccccc1. The molecular formula is C14H21N3O. The molecule has 4 N–H and O–H groups in total. The van der Waals surface area contributed by atoms with Crippen LogP contribution < -0.4 is 5.73 Å². The Labute approximate surface area is 108 Å². The van der Waals surface area contributed by atoms with Crippen LogP contribution in [-0.2, 0) is 0 Å². The van der Waals surface area contributed by atoms with Gasteiger partial charge in [0.15, 0.2) is 0 Å². The first-order valence-electron chi connectivity index (χ1n) is 6.42. The first-order chi connectivity index (χ1) is 8.70. The van der Waals surface area contributed by atoms with Gasteiger partial charge in [0.2, 0.25) is 0 Å². The van der Waals surface area contributed by atoms with E-state index in [0.29, 0.717) is 5.92 Å². The van der Waals surface area contributed by atoms with Gasteiger partial charge in [-0.15, -0.1) is 0 Å². The fourth-order valence-electron chi connectivity index (χ4n) is 2.55. The Morgan fingerprint density at radius 3 is 2.72 bits per heavy atom. The molecule has 0 bridgehead atoms. The highest BCUT2D eigenvalue weighted by Gasteiger charge is 2.25. The van der Waals surface area contributed by atoms with Crippen LogP contribution in [0.15, 0.2) is 30.3 Å². The number of aliphatic hydroxyl groups is 1. The standard InChI is InChI=1S/C14H21N3O/c15-14(16)13(12-4-2-1-3-5-12)9-17-7-6-11(8-17)10-18/h1-5,11,13,18H,6-10H2,(H3,15,16). The summed E-state index contributed by atoms with van der Waals surface area (Å²) in [6.45, 7) is 2.93. The quantitative estimate of drug-likeness (QED) is 0.537. The number of aliphatic hydroxyl groups excluding tert-OH is 1. The smallest absolute Gasteiger partial charge is 0.0995 e. The lowest BCUT2D eigenvalue weighted by atomic mass is 9.97. The Hall–Kier alpha value is -1.39. The van der Waals surface area contributed by atoms with E-state index < -0.39 is 0 Å². The average Bonchev–Trinajstić information content (AvgIpc) is 2.84. The number of rotatable bonds is 5. The minimum Gasteiger partial charge on any atom is -0.396 e. The second-order valence-corrected chi connectivity index (χ2v) is 5.02. The molecule has 4 heteroatoms. The lowest BCUT2D eigenvalue weighted by Gasteiger charge is -2.23. The van der Waals surface area contributed by atoms with Crippen molar-refractivity contribution in [3.63, 3.8) is 0 Å². The normalized spacial score (nSPS) is 21.9. The summed E-state index contributed by atoms with van der Waals surface area (Å²) in [5, 5.41) is 16.9. The Morgan fingerprint density at radius 2 is 2.17 bits per heavy atom. The van der Waals surface area contributed by atoms with Gasteiger partial charge in [-0.05, 0) is 24.4 Å². The first-order valence-corrected chi connectivity index (χ1v) is 6.42. The largest absolute Gasteiger partial charge is 0.396 e. The number of nitrogens with two attached hydrogens (primary N) is 1. The highest BCUT2D eigenvalue weighted by Crippen LogP contribution is 2.22. The van der Waals surface area contributed by atoms with E-state index in [-0.39, 0.29) is 18.4 Å². The van der Waals surface area contributed by atoms with Crippen molar-refractivity contribution < 1.29 is 5.11 Å². The van der Waals surface area contributed by atoms with Crippen molar-refractivity contribution in [1.29, 1.82) is 5.41 Å². The molecule has 1 fully saturated rings. The molecule has 1 aromatic carbocycles. The number of hydrogen-bond acceptors (Lipinski definition) is 3. The van der Waals surface area contributed by atoms with Crippen molar-refractivity contribution in [2.45, 2.75) is 12.3 Å². The van der Waals surface area contributed by atoms with Gasteiger partial charge in [-0.3, -0.25) is 5.41 Å². The monoisotopic (exact) mass is 247 g/mol. The Kier molecular flexibility index (Phi) is 4.33. The van der Waals surface area contributed by atoms with Crippen molar-refractivity contribution in [2.24, 2.45) is 11.7 Å². The summed E-state index contributed by atoms with van der Waals surface area (Å²) in [5.41, 5.74) is 6.82. The molecule has 0 aromatic heterocycles. The maximum Gasteiger partial charge on any atom is 0.0995 e. The predicted octanol–water partition coefficient (Wildman–Crippen LogP) is 1.02. The van der Waals surface area contributed by atoms with Gasteiger partial charge in [0.05, 0.1) is 11.8 Å². The van der Waals surface area contributed by atoms with Crippen LogP contribution in [0.25, 0.3) is 0 Å². The van der Waals surface area contributed by atoms with Crippen molar-refractivity contribution in [3.05, 3.63) is 35.9 Å². The third-order valence-corrected chi connectivity index (χ3v) is 3.65. The predicted molar refractivity (Wildman–Crippen MR) is 72.7 cm³/mol. The Morgan fingerprint density at radius 1 is 1.44 bits per heavy atom. The molecule has 1 aliphatic rings. The van der Waals surface area contributed by atoms with Gasteiger partial charge in [-0.25, -0.2) is 0 Å². The molecule has 18 heavy (non-hydrogen) atoms. The topological polar surface area (TPSA) is 73.3 Å². The molecule has 2 rings (SSSR count). The molecule has 1 saturated heterocycles. The number of nitrogens with one attached hydrogen (secondary N) is 1. The molecule has 4 nitrogen and oxygen atoms in total. The Bertz CT molecular complexity index is 393. The van der Waals surface area contributed by atoms with Gasteiger partial charge in [0.25, 0.3) is 0 Å². The zero-order valence-electron chi connectivity index (χ0n) is 10.5. The molecule has 2 unspecified atom stereocenters. The minimum absolute atomic E-state index is 0.0383. The van der Waals surface area contributed by atoms with Crippen LogP contribution in [0, 0.1) is 11.3 Å². The molecule has 0 saturated carbocycles. The summed E-state index contributed by atoms with van der Waals surface area (Å²) in [6, 6.07) is 9.97. The van der Waals surface area contributed by atoms with Crippen LogP contribution in [0.2, 0.25) is 0 Å². The number of benzene rings is 1. The van der Waals surface area contributed by atoms with Crippen molar-refractivity contribution in [2.75, 3.05) is 26.2 Å². The summed E-state index contributed by atoms with van der Waals surface area (Å²) < 4.78 is 0.